The van der Waals surface area contributed by atoms with E-state index in [2.05, 4.69) is 15.3 Å². The zero-order valence-corrected chi connectivity index (χ0v) is 11.1. The van der Waals surface area contributed by atoms with Gasteiger partial charge in [-0.05, 0) is 39.0 Å². The fourth-order valence-corrected chi connectivity index (χ4v) is 1.68. The molecule has 1 amide bonds. The summed E-state index contributed by atoms with van der Waals surface area (Å²) in [5.41, 5.74) is 3.64. The first-order chi connectivity index (χ1) is 9.01. The Morgan fingerprint density at radius 1 is 1.26 bits per heavy atom. The fraction of sp³-hybridized carbons (Fsp3) is 0.286. The molecular formula is C14H14N4O. The van der Waals surface area contributed by atoms with Gasteiger partial charge in [0.15, 0.2) is 0 Å². The van der Waals surface area contributed by atoms with E-state index in [9.17, 15) is 4.79 Å². The Kier molecular flexibility index (Phi) is 3.43. The molecule has 0 aliphatic rings. The van der Waals surface area contributed by atoms with E-state index in [0.29, 0.717) is 11.1 Å². The van der Waals surface area contributed by atoms with E-state index in [1.165, 1.54) is 0 Å². The van der Waals surface area contributed by atoms with Crippen LogP contribution in [0.4, 0.5) is 0 Å². The Hall–Kier alpha value is -2.48. The molecule has 2 aromatic rings. The zero-order chi connectivity index (χ0) is 14.0. The van der Waals surface area contributed by atoms with Gasteiger partial charge < -0.3 is 5.32 Å². The Labute approximate surface area is 111 Å². The molecule has 1 N–H and O–H groups in total. The van der Waals surface area contributed by atoms with Gasteiger partial charge in [0.05, 0.1) is 28.5 Å². The molecule has 0 saturated carbocycles. The van der Waals surface area contributed by atoms with Crippen molar-refractivity contribution in [2.75, 3.05) is 0 Å². The summed E-state index contributed by atoms with van der Waals surface area (Å²) in [5.74, 6) is -0.282. The van der Waals surface area contributed by atoms with Gasteiger partial charge in [0.25, 0.3) is 5.91 Å². The Bertz CT molecular complexity index is 688. The summed E-state index contributed by atoms with van der Waals surface area (Å²) >= 11 is 0. The van der Waals surface area contributed by atoms with E-state index in [1.54, 1.807) is 25.1 Å². The second-order valence-corrected chi connectivity index (χ2v) is 4.42. The van der Waals surface area contributed by atoms with Gasteiger partial charge in [-0.3, -0.25) is 4.79 Å². The number of aromatic nitrogens is 2. The lowest BCUT2D eigenvalue weighted by Gasteiger charge is -2.07. The van der Waals surface area contributed by atoms with E-state index in [4.69, 9.17) is 5.26 Å². The molecule has 0 aliphatic heterocycles. The van der Waals surface area contributed by atoms with E-state index >= 15 is 0 Å². The topological polar surface area (TPSA) is 78.7 Å². The lowest BCUT2D eigenvalue weighted by molar-refractivity contribution is 0.0948. The number of fused-ring (bicyclic) bond motifs is 1. The normalized spacial score (nSPS) is 11.9. The second kappa shape index (κ2) is 5.02. The highest BCUT2D eigenvalue weighted by atomic mass is 16.1. The average Bonchev–Trinajstić information content (AvgIpc) is 2.39. The first kappa shape index (κ1) is 13.0. The number of benzene rings is 1. The smallest absolute Gasteiger partial charge is 0.252 e. The van der Waals surface area contributed by atoms with E-state index in [1.807, 2.05) is 19.9 Å². The summed E-state index contributed by atoms with van der Waals surface area (Å²) in [6, 6.07) is 6.58. The van der Waals surface area contributed by atoms with Crippen molar-refractivity contribution in [2.24, 2.45) is 0 Å². The number of carbonyl (C=O) groups is 1. The highest BCUT2D eigenvalue weighted by Gasteiger charge is 2.10. The molecule has 1 unspecified atom stereocenters. The molecule has 0 aliphatic carbocycles. The highest BCUT2D eigenvalue weighted by molar-refractivity contribution is 5.97. The van der Waals surface area contributed by atoms with E-state index in [-0.39, 0.29) is 5.91 Å². The second-order valence-electron chi connectivity index (χ2n) is 4.42. The van der Waals surface area contributed by atoms with Gasteiger partial charge in [0.2, 0.25) is 0 Å². The number of nitrogens with one attached hydrogen (secondary N) is 1. The first-order valence-corrected chi connectivity index (χ1v) is 5.96. The summed E-state index contributed by atoms with van der Waals surface area (Å²) in [6.45, 7) is 5.41. The van der Waals surface area contributed by atoms with Crippen LogP contribution >= 0.6 is 0 Å². The molecule has 1 heterocycles. The van der Waals surface area contributed by atoms with Crippen molar-refractivity contribution in [2.45, 2.75) is 26.8 Å². The predicted octanol–water partition coefficient (Wildman–Crippen LogP) is 1.89. The molecule has 1 atom stereocenters. The summed E-state index contributed by atoms with van der Waals surface area (Å²) in [5, 5.41) is 11.3. The molecule has 1 aromatic carbocycles. The average molecular weight is 254 g/mol. The molecule has 2 rings (SSSR count). The van der Waals surface area contributed by atoms with Crippen LogP contribution in [0.15, 0.2) is 18.2 Å². The molecule has 19 heavy (non-hydrogen) atoms. The summed E-state index contributed by atoms with van der Waals surface area (Å²) in [7, 11) is 0. The van der Waals surface area contributed by atoms with Crippen LogP contribution in [0.3, 0.4) is 0 Å². The van der Waals surface area contributed by atoms with Crippen molar-refractivity contribution < 1.29 is 4.79 Å². The third-order valence-corrected chi connectivity index (χ3v) is 2.88. The summed E-state index contributed by atoms with van der Waals surface area (Å²) in [6.07, 6.45) is 0. The number of nitrogens with zero attached hydrogens (tertiary/aromatic N) is 3. The van der Waals surface area contributed by atoms with Crippen LogP contribution in [0.25, 0.3) is 11.0 Å². The molecule has 96 valence electrons. The minimum atomic E-state index is -0.519. The van der Waals surface area contributed by atoms with Crippen molar-refractivity contribution in [3.8, 4) is 6.07 Å². The van der Waals surface area contributed by atoms with Crippen LogP contribution in [0, 0.1) is 25.2 Å². The van der Waals surface area contributed by atoms with Crippen molar-refractivity contribution in [1.29, 1.82) is 5.26 Å². The third-order valence-electron chi connectivity index (χ3n) is 2.88. The lowest BCUT2D eigenvalue weighted by atomic mass is 10.1. The van der Waals surface area contributed by atoms with Gasteiger partial charge >= 0.3 is 0 Å². The van der Waals surface area contributed by atoms with Gasteiger partial charge in [-0.1, -0.05) is 0 Å². The van der Waals surface area contributed by atoms with Crippen LogP contribution in [-0.4, -0.2) is 21.9 Å². The largest absolute Gasteiger partial charge is 0.337 e. The maximum absolute atomic E-state index is 11.9. The van der Waals surface area contributed by atoms with Crippen molar-refractivity contribution in [3.63, 3.8) is 0 Å². The van der Waals surface area contributed by atoms with Gasteiger partial charge in [0, 0.05) is 5.56 Å². The minimum Gasteiger partial charge on any atom is -0.337 e. The van der Waals surface area contributed by atoms with Crippen LogP contribution < -0.4 is 5.32 Å². The molecule has 0 radical (unpaired) electrons. The maximum atomic E-state index is 11.9. The predicted molar refractivity (Wildman–Crippen MR) is 71.6 cm³/mol. The molecule has 0 saturated heterocycles. The SMILES string of the molecule is Cc1nc2ccc(C(=O)NC(C)C#N)cc2nc1C. The van der Waals surface area contributed by atoms with E-state index in [0.717, 1.165) is 16.9 Å². The maximum Gasteiger partial charge on any atom is 0.252 e. The molecular weight excluding hydrogens is 240 g/mol. The molecule has 5 heteroatoms. The van der Waals surface area contributed by atoms with Gasteiger partial charge in [-0.15, -0.1) is 0 Å². The van der Waals surface area contributed by atoms with Crippen molar-refractivity contribution in [1.82, 2.24) is 15.3 Å². The fourth-order valence-electron chi connectivity index (χ4n) is 1.68. The molecule has 0 spiro atoms. The number of carbonyl (C=O) groups excluding carboxylic acids is 1. The molecule has 1 aromatic heterocycles. The minimum absolute atomic E-state index is 0.282. The van der Waals surface area contributed by atoms with Gasteiger partial charge in [-0.2, -0.15) is 5.26 Å². The molecule has 0 bridgehead atoms. The van der Waals surface area contributed by atoms with Crippen molar-refractivity contribution >= 4 is 16.9 Å². The number of nitriles is 1. The quantitative estimate of drug-likeness (QED) is 0.887. The van der Waals surface area contributed by atoms with Crippen molar-refractivity contribution in [3.05, 3.63) is 35.2 Å². The summed E-state index contributed by atoms with van der Waals surface area (Å²) in [4.78, 5) is 20.7. The number of hydrogen-bond acceptors (Lipinski definition) is 4. The van der Waals surface area contributed by atoms with Crippen LogP contribution in [0.5, 0.6) is 0 Å². The standard InChI is InChI=1S/C14H14N4O/c1-8(7-15)16-14(19)11-4-5-12-13(6-11)18-10(3)9(2)17-12/h4-6,8H,1-3H3,(H,16,19). The Morgan fingerprint density at radius 3 is 2.53 bits per heavy atom. The van der Waals surface area contributed by atoms with Gasteiger partial charge in [-0.25, -0.2) is 9.97 Å². The number of amides is 1. The lowest BCUT2D eigenvalue weighted by Crippen LogP contribution is -2.31. The van der Waals surface area contributed by atoms with Crippen LogP contribution in [0.1, 0.15) is 28.7 Å². The monoisotopic (exact) mass is 254 g/mol. The molecule has 0 fully saturated rings. The summed E-state index contributed by atoms with van der Waals surface area (Å²) < 4.78 is 0. The number of rotatable bonds is 2. The number of aryl methyl sites for hydroxylation is 2. The number of hydrogen-bond donors (Lipinski definition) is 1. The van der Waals surface area contributed by atoms with Crippen LogP contribution in [-0.2, 0) is 0 Å². The molecule has 5 nitrogen and oxygen atoms in total. The Morgan fingerprint density at radius 2 is 1.89 bits per heavy atom. The van der Waals surface area contributed by atoms with E-state index < -0.39 is 6.04 Å². The highest BCUT2D eigenvalue weighted by Crippen LogP contribution is 2.14. The van der Waals surface area contributed by atoms with Gasteiger partial charge in [0.1, 0.15) is 6.04 Å². The Balaban J connectivity index is 2.39. The first-order valence-electron chi connectivity index (χ1n) is 5.96. The third kappa shape index (κ3) is 2.68. The van der Waals surface area contributed by atoms with Crippen LogP contribution in [0.2, 0.25) is 0 Å². The zero-order valence-electron chi connectivity index (χ0n) is 11.1.